The van der Waals surface area contributed by atoms with E-state index in [0.29, 0.717) is 18.7 Å². The van der Waals surface area contributed by atoms with Crippen molar-refractivity contribution in [3.8, 4) is 17.1 Å². The highest BCUT2D eigenvalue weighted by molar-refractivity contribution is 5.55. The van der Waals surface area contributed by atoms with Crippen molar-refractivity contribution >= 4 is 0 Å². The van der Waals surface area contributed by atoms with Gasteiger partial charge < -0.3 is 5.11 Å². The van der Waals surface area contributed by atoms with E-state index in [-0.39, 0.29) is 5.75 Å². The molecule has 1 heterocycles. The molecule has 0 fully saturated rings. The zero-order valence-electron chi connectivity index (χ0n) is 11.6. The number of benzene rings is 1. The average molecular weight is 274 g/mol. The van der Waals surface area contributed by atoms with Gasteiger partial charge in [0, 0.05) is 5.56 Å². The van der Waals surface area contributed by atoms with Crippen LogP contribution in [-0.4, -0.2) is 21.2 Å². The first-order valence-electron chi connectivity index (χ1n) is 6.93. The lowest BCUT2D eigenvalue weighted by molar-refractivity contribution is 0.294. The zero-order chi connectivity index (χ0) is 14.4. The summed E-state index contributed by atoms with van der Waals surface area (Å²) in [5.74, 6) is 0.624. The smallest absolute Gasteiger partial charge is 0.159 e. The van der Waals surface area contributed by atoms with Crippen LogP contribution >= 0.6 is 0 Å². The Morgan fingerprint density at radius 1 is 1.10 bits per heavy atom. The molecule has 1 atom stereocenters. The molecule has 0 saturated heterocycles. The van der Waals surface area contributed by atoms with Gasteiger partial charge in [-0.2, -0.15) is 0 Å². The Hall–Kier alpha value is -1.97. The van der Waals surface area contributed by atoms with E-state index in [1.807, 2.05) is 31.2 Å². The molecule has 20 heavy (non-hydrogen) atoms. The Morgan fingerprint density at radius 2 is 1.75 bits per heavy atom. The maximum Gasteiger partial charge on any atom is 0.159 e. The molecule has 3 nitrogen and oxygen atoms in total. The predicted octanol–water partition coefficient (Wildman–Crippen LogP) is 3.92. The van der Waals surface area contributed by atoms with Crippen LogP contribution in [0.1, 0.15) is 31.7 Å². The third kappa shape index (κ3) is 4.02. The van der Waals surface area contributed by atoms with Gasteiger partial charge >= 0.3 is 0 Å². The minimum absolute atomic E-state index is 0.0512. The van der Waals surface area contributed by atoms with Crippen molar-refractivity contribution in [3.05, 3.63) is 42.2 Å². The van der Waals surface area contributed by atoms with Gasteiger partial charge in [0.15, 0.2) is 11.6 Å². The number of aryl methyl sites for hydroxylation is 1. The Kier molecular flexibility index (Phi) is 5.04. The molecule has 1 N–H and O–H groups in total. The number of rotatable bonds is 6. The van der Waals surface area contributed by atoms with Gasteiger partial charge in [0.2, 0.25) is 0 Å². The van der Waals surface area contributed by atoms with Crippen molar-refractivity contribution in [2.75, 3.05) is 0 Å². The molecular weight excluding hydrogens is 255 g/mol. The van der Waals surface area contributed by atoms with Crippen LogP contribution in [0.15, 0.2) is 36.7 Å². The van der Waals surface area contributed by atoms with Crippen LogP contribution < -0.4 is 0 Å². The van der Waals surface area contributed by atoms with Gasteiger partial charge in [-0.15, -0.1) is 0 Å². The third-order valence-corrected chi connectivity index (χ3v) is 3.20. The van der Waals surface area contributed by atoms with Gasteiger partial charge in [-0.05, 0) is 24.8 Å². The normalized spacial score (nSPS) is 12.3. The van der Waals surface area contributed by atoms with Crippen molar-refractivity contribution in [1.82, 2.24) is 9.97 Å². The van der Waals surface area contributed by atoms with E-state index < -0.39 is 6.17 Å². The fourth-order valence-electron chi connectivity index (χ4n) is 2.07. The number of halogens is 1. The molecule has 0 unspecified atom stereocenters. The SMILES string of the molecule is CCC[C@@H](F)CCc1ccc(-c2ncc(O)cn2)cc1. The van der Waals surface area contributed by atoms with Gasteiger partial charge in [0.05, 0.1) is 12.4 Å². The summed E-state index contributed by atoms with van der Waals surface area (Å²) in [6.45, 7) is 2.00. The van der Waals surface area contributed by atoms with Gasteiger partial charge in [-0.25, -0.2) is 14.4 Å². The van der Waals surface area contributed by atoms with Crippen LogP contribution in [0, 0.1) is 0 Å². The predicted molar refractivity (Wildman–Crippen MR) is 77.3 cm³/mol. The lowest BCUT2D eigenvalue weighted by atomic mass is 10.0. The summed E-state index contributed by atoms with van der Waals surface area (Å²) in [6.07, 6.45) is 4.88. The molecule has 0 saturated carbocycles. The highest BCUT2D eigenvalue weighted by Gasteiger charge is 2.06. The lowest BCUT2D eigenvalue weighted by Crippen LogP contribution is -2.01. The molecule has 2 aromatic rings. The summed E-state index contributed by atoms with van der Waals surface area (Å²) in [7, 11) is 0. The summed E-state index contributed by atoms with van der Waals surface area (Å²) in [5, 5.41) is 9.15. The lowest BCUT2D eigenvalue weighted by Gasteiger charge is -2.07. The van der Waals surface area contributed by atoms with Gasteiger partial charge in [-0.3, -0.25) is 0 Å². The van der Waals surface area contributed by atoms with E-state index in [2.05, 4.69) is 9.97 Å². The van der Waals surface area contributed by atoms with Crippen molar-refractivity contribution in [1.29, 1.82) is 0 Å². The van der Waals surface area contributed by atoms with E-state index in [9.17, 15) is 4.39 Å². The molecule has 106 valence electrons. The molecule has 0 aliphatic rings. The molecule has 1 aromatic carbocycles. The highest BCUT2D eigenvalue weighted by Crippen LogP contribution is 2.18. The number of nitrogens with zero attached hydrogens (tertiary/aromatic N) is 2. The summed E-state index contributed by atoms with van der Waals surface area (Å²) in [5.41, 5.74) is 2.00. The minimum atomic E-state index is -0.708. The number of hydrogen-bond donors (Lipinski definition) is 1. The van der Waals surface area contributed by atoms with Crippen LogP contribution in [0.5, 0.6) is 5.75 Å². The largest absolute Gasteiger partial charge is 0.505 e. The van der Waals surface area contributed by atoms with E-state index in [1.165, 1.54) is 12.4 Å². The number of alkyl halides is 1. The van der Waals surface area contributed by atoms with Crippen LogP contribution in [0.25, 0.3) is 11.4 Å². The molecular formula is C16H19FN2O. The van der Waals surface area contributed by atoms with Crippen molar-refractivity contribution < 1.29 is 9.50 Å². The van der Waals surface area contributed by atoms with Crippen LogP contribution in [0.2, 0.25) is 0 Å². The maximum absolute atomic E-state index is 13.4. The molecule has 0 aliphatic heterocycles. The second kappa shape index (κ2) is 6.98. The fourth-order valence-corrected chi connectivity index (χ4v) is 2.07. The second-order valence-corrected chi connectivity index (χ2v) is 4.89. The topological polar surface area (TPSA) is 46.0 Å². The van der Waals surface area contributed by atoms with Crippen molar-refractivity contribution in [3.63, 3.8) is 0 Å². The Bertz CT molecular complexity index is 525. The molecule has 0 radical (unpaired) electrons. The molecule has 2 rings (SSSR count). The Morgan fingerprint density at radius 3 is 2.35 bits per heavy atom. The first-order chi connectivity index (χ1) is 9.69. The molecule has 0 amide bonds. The van der Waals surface area contributed by atoms with Gasteiger partial charge in [0.1, 0.15) is 6.17 Å². The van der Waals surface area contributed by atoms with E-state index in [1.54, 1.807) is 0 Å². The standard InChI is InChI=1S/C16H19FN2O/c1-2-3-14(17)9-6-12-4-7-13(8-5-12)16-18-10-15(20)11-19-16/h4-5,7-8,10-11,14,20H,2-3,6,9H2,1H3/t14-/m1/s1. The first-order valence-corrected chi connectivity index (χ1v) is 6.93. The Labute approximate surface area is 118 Å². The first kappa shape index (κ1) is 14.4. The molecule has 0 bridgehead atoms. The molecule has 1 aromatic heterocycles. The fraction of sp³-hybridized carbons (Fsp3) is 0.375. The summed E-state index contributed by atoms with van der Waals surface area (Å²) in [4.78, 5) is 8.11. The van der Waals surface area contributed by atoms with Crippen LogP contribution in [0.3, 0.4) is 0 Å². The maximum atomic E-state index is 13.4. The monoisotopic (exact) mass is 274 g/mol. The summed E-state index contributed by atoms with van der Waals surface area (Å²) < 4.78 is 13.4. The van der Waals surface area contributed by atoms with Crippen molar-refractivity contribution in [2.45, 2.75) is 38.8 Å². The van der Waals surface area contributed by atoms with Gasteiger partial charge in [-0.1, -0.05) is 37.6 Å². The van der Waals surface area contributed by atoms with Crippen molar-refractivity contribution in [2.24, 2.45) is 0 Å². The molecule has 0 aliphatic carbocycles. The van der Waals surface area contributed by atoms with E-state index in [4.69, 9.17) is 5.11 Å². The average Bonchev–Trinajstić information content (AvgIpc) is 2.47. The van der Waals surface area contributed by atoms with Crippen LogP contribution in [-0.2, 0) is 6.42 Å². The highest BCUT2D eigenvalue weighted by atomic mass is 19.1. The number of aromatic hydroxyl groups is 1. The second-order valence-electron chi connectivity index (χ2n) is 4.89. The van der Waals surface area contributed by atoms with E-state index in [0.717, 1.165) is 24.0 Å². The zero-order valence-corrected chi connectivity index (χ0v) is 11.6. The number of hydrogen-bond acceptors (Lipinski definition) is 3. The Balaban J connectivity index is 1.97. The summed E-state index contributed by atoms with van der Waals surface area (Å²) in [6, 6.07) is 7.80. The van der Waals surface area contributed by atoms with E-state index >= 15 is 0 Å². The minimum Gasteiger partial charge on any atom is -0.505 e. The van der Waals surface area contributed by atoms with Gasteiger partial charge in [0.25, 0.3) is 0 Å². The van der Waals surface area contributed by atoms with Crippen LogP contribution in [0.4, 0.5) is 4.39 Å². The number of aromatic nitrogens is 2. The quantitative estimate of drug-likeness (QED) is 0.868. The summed E-state index contributed by atoms with van der Waals surface area (Å²) >= 11 is 0. The molecule has 4 heteroatoms. The third-order valence-electron chi connectivity index (χ3n) is 3.20. The molecule has 0 spiro atoms.